The molecule has 1 atom stereocenters. The van der Waals surface area contributed by atoms with E-state index in [2.05, 4.69) is 0 Å². The second-order valence-corrected chi connectivity index (χ2v) is 8.98. The van der Waals surface area contributed by atoms with E-state index in [0.717, 1.165) is 5.56 Å². The Morgan fingerprint density at radius 2 is 1.74 bits per heavy atom. The van der Waals surface area contributed by atoms with Crippen molar-refractivity contribution in [1.29, 1.82) is 0 Å². The number of hydrogen-bond donors (Lipinski definition) is 1. The number of benzene rings is 3. The number of carbonyl (C=O) groups excluding carboxylic acids is 2. The molecular weight excluding hydrogens is 450 g/mol. The zero-order valence-corrected chi connectivity index (χ0v) is 20.3. The molecular formula is C28H26ClNO4. The summed E-state index contributed by atoms with van der Waals surface area (Å²) in [5.74, 6) is -0.852. The molecule has 0 radical (unpaired) electrons. The van der Waals surface area contributed by atoms with Crippen molar-refractivity contribution in [3.05, 3.63) is 99.6 Å². The zero-order chi connectivity index (χ0) is 24.6. The third-order valence-corrected chi connectivity index (χ3v) is 6.59. The number of halogens is 1. The van der Waals surface area contributed by atoms with Crippen molar-refractivity contribution in [1.82, 2.24) is 0 Å². The lowest BCUT2D eigenvalue weighted by Gasteiger charge is -2.27. The Morgan fingerprint density at radius 1 is 1.03 bits per heavy atom. The minimum Gasteiger partial charge on any atom is -0.507 e. The molecule has 3 aromatic rings. The number of ether oxygens (including phenoxy) is 1. The van der Waals surface area contributed by atoms with Crippen LogP contribution in [0.5, 0.6) is 5.75 Å². The van der Waals surface area contributed by atoms with Crippen LogP contribution in [0.25, 0.3) is 5.76 Å². The molecule has 174 valence electrons. The van der Waals surface area contributed by atoms with Gasteiger partial charge in [-0.1, -0.05) is 61.8 Å². The Bertz CT molecular complexity index is 1300. The maximum atomic E-state index is 13.4. The second-order valence-electron chi connectivity index (χ2n) is 8.58. The van der Waals surface area contributed by atoms with E-state index < -0.39 is 17.7 Å². The van der Waals surface area contributed by atoms with Gasteiger partial charge in [0.05, 0.1) is 18.7 Å². The first-order valence-corrected chi connectivity index (χ1v) is 11.4. The Balaban J connectivity index is 1.97. The van der Waals surface area contributed by atoms with Crippen LogP contribution >= 0.6 is 11.6 Å². The molecule has 1 amide bonds. The highest BCUT2D eigenvalue weighted by molar-refractivity contribution is 6.52. The molecule has 0 aromatic heterocycles. The maximum Gasteiger partial charge on any atom is 0.300 e. The monoisotopic (exact) mass is 475 g/mol. The molecule has 1 unspecified atom stereocenters. The topological polar surface area (TPSA) is 66.8 Å². The summed E-state index contributed by atoms with van der Waals surface area (Å²) >= 11 is 6.34. The highest BCUT2D eigenvalue weighted by Gasteiger charge is 2.47. The summed E-state index contributed by atoms with van der Waals surface area (Å²) in [4.78, 5) is 28.1. The van der Waals surface area contributed by atoms with Gasteiger partial charge in [-0.3, -0.25) is 14.5 Å². The summed E-state index contributed by atoms with van der Waals surface area (Å²) in [5, 5.41) is 11.9. The number of amides is 1. The van der Waals surface area contributed by atoms with Crippen molar-refractivity contribution in [2.75, 3.05) is 12.0 Å². The lowest BCUT2D eigenvalue weighted by molar-refractivity contribution is -0.132. The van der Waals surface area contributed by atoms with E-state index in [-0.39, 0.29) is 17.3 Å². The van der Waals surface area contributed by atoms with Crippen LogP contribution in [-0.4, -0.2) is 23.9 Å². The molecule has 1 fully saturated rings. The Kier molecular flexibility index (Phi) is 6.49. The second kappa shape index (κ2) is 9.35. The van der Waals surface area contributed by atoms with Gasteiger partial charge in [0.1, 0.15) is 11.5 Å². The molecule has 4 rings (SSSR count). The molecule has 0 spiro atoms. The van der Waals surface area contributed by atoms with Gasteiger partial charge < -0.3 is 9.84 Å². The number of carbonyl (C=O) groups is 2. The summed E-state index contributed by atoms with van der Waals surface area (Å²) in [5.41, 5.74) is 3.29. The Labute approximate surface area is 204 Å². The smallest absolute Gasteiger partial charge is 0.300 e. The van der Waals surface area contributed by atoms with Crippen LogP contribution in [0.4, 0.5) is 5.69 Å². The van der Waals surface area contributed by atoms with Crippen molar-refractivity contribution in [3.63, 3.8) is 0 Å². The van der Waals surface area contributed by atoms with E-state index in [1.54, 1.807) is 50.4 Å². The number of aliphatic hydroxyl groups is 1. The van der Waals surface area contributed by atoms with Gasteiger partial charge in [-0.15, -0.1) is 0 Å². The first kappa shape index (κ1) is 23.6. The quantitative estimate of drug-likeness (QED) is 0.263. The minimum absolute atomic E-state index is 0.0375. The van der Waals surface area contributed by atoms with Crippen molar-refractivity contribution in [3.8, 4) is 5.75 Å². The number of methoxy groups -OCH3 is 1. The van der Waals surface area contributed by atoms with Crippen LogP contribution in [0.2, 0.25) is 5.02 Å². The van der Waals surface area contributed by atoms with Crippen LogP contribution in [0.3, 0.4) is 0 Å². The van der Waals surface area contributed by atoms with Crippen LogP contribution in [0.1, 0.15) is 48.1 Å². The van der Waals surface area contributed by atoms with Crippen LogP contribution in [0.15, 0.2) is 72.3 Å². The van der Waals surface area contributed by atoms with Crippen molar-refractivity contribution in [2.45, 2.75) is 32.7 Å². The number of hydrogen-bond acceptors (Lipinski definition) is 4. The van der Waals surface area contributed by atoms with Crippen LogP contribution in [0, 0.1) is 6.92 Å². The third-order valence-electron chi connectivity index (χ3n) is 6.18. The molecule has 34 heavy (non-hydrogen) atoms. The van der Waals surface area contributed by atoms with Crippen LogP contribution < -0.4 is 9.64 Å². The summed E-state index contributed by atoms with van der Waals surface area (Å²) in [6.45, 7) is 5.84. The predicted octanol–water partition coefficient (Wildman–Crippen LogP) is 6.41. The SMILES string of the molecule is COc1ccc(/C(O)=C2\C(=O)C(=O)N(c3cccc(Cl)c3C)C2c2ccccc2)cc1C(C)C. The largest absolute Gasteiger partial charge is 0.507 e. The fraction of sp³-hybridized carbons (Fsp3) is 0.214. The number of nitrogens with zero attached hydrogens (tertiary/aromatic N) is 1. The fourth-order valence-corrected chi connectivity index (χ4v) is 4.55. The fourth-order valence-electron chi connectivity index (χ4n) is 4.38. The molecule has 3 aromatic carbocycles. The van der Waals surface area contributed by atoms with Gasteiger partial charge in [0.25, 0.3) is 11.7 Å². The van der Waals surface area contributed by atoms with Gasteiger partial charge in [-0.05, 0) is 59.9 Å². The average Bonchev–Trinajstić information content (AvgIpc) is 3.10. The minimum atomic E-state index is -0.803. The van der Waals surface area contributed by atoms with Gasteiger partial charge >= 0.3 is 0 Å². The Morgan fingerprint density at radius 3 is 2.38 bits per heavy atom. The molecule has 1 aliphatic heterocycles. The van der Waals surface area contributed by atoms with Gasteiger partial charge in [0, 0.05) is 16.3 Å². The Hall–Kier alpha value is -3.57. The molecule has 6 heteroatoms. The molecule has 0 saturated carbocycles. The number of rotatable bonds is 5. The van der Waals surface area contributed by atoms with E-state index in [1.165, 1.54) is 4.90 Å². The number of anilines is 1. The van der Waals surface area contributed by atoms with Crippen molar-refractivity contribution in [2.24, 2.45) is 0 Å². The maximum absolute atomic E-state index is 13.4. The molecule has 0 bridgehead atoms. The zero-order valence-electron chi connectivity index (χ0n) is 19.5. The molecule has 5 nitrogen and oxygen atoms in total. The summed E-state index contributed by atoms with van der Waals surface area (Å²) in [7, 11) is 1.59. The lowest BCUT2D eigenvalue weighted by Crippen LogP contribution is -2.30. The van der Waals surface area contributed by atoms with Crippen molar-refractivity contribution >= 4 is 34.7 Å². The predicted molar refractivity (Wildman–Crippen MR) is 134 cm³/mol. The number of aliphatic hydroxyl groups excluding tert-OH is 1. The van der Waals surface area contributed by atoms with Gasteiger partial charge in [-0.25, -0.2) is 0 Å². The first-order chi connectivity index (χ1) is 16.3. The lowest BCUT2D eigenvalue weighted by atomic mass is 9.93. The van der Waals surface area contributed by atoms with E-state index in [0.29, 0.717) is 33.1 Å². The summed E-state index contributed by atoms with van der Waals surface area (Å²) in [6, 6.07) is 18.9. The average molecular weight is 476 g/mol. The third kappa shape index (κ3) is 3.97. The highest BCUT2D eigenvalue weighted by atomic mass is 35.5. The number of ketones is 1. The molecule has 0 aliphatic carbocycles. The van der Waals surface area contributed by atoms with Gasteiger partial charge in [-0.2, -0.15) is 0 Å². The molecule has 1 heterocycles. The van der Waals surface area contributed by atoms with Gasteiger partial charge in [0.2, 0.25) is 0 Å². The molecule has 1 aliphatic rings. The number of Topliss-reactive ketones (excluding diaryl/α,β-unsaturated/α-hetero) is 1. The van der Waals surface area contributed by atoms with Gasteiger partial charge in [0.15, 0.2) is 0 Å². The first-order valence-electron chi connectivity index (χ1n) is 11.1. The van der Waals surface area contributed by atoms with E-state index in [9.17, 15) is 14.7 Å². The molecule has 1 saturated heterocycles. The molecule has 1 N–H and O–H groups in total. The highest BCUT2D eigenvalue weighted by Crippen LogP contribution is 2.44. The van der Waals surface area contributed by atoms with E-state index >= 15 is 0 Å². The summed E-state index contributed by atoms with van der Waals surface area (Å²) in [6.07, 6.45) is 0. The summed E-state index contributed by atoms with van der Waals surface area (Å²) < 4.78 is 5.46. The van der Waals surface area contributed by atoms with Crippen molar-refractivity contribution < 1.29 is 19.4 Å². The van der Waals surface area contributed by atoms with Crippen LogP contribution in [-0.2, 0) is 9.59 Å². The van der Waals surface area contributed by atoms with E-state index in [4.69, 9.17) is 16.3 Å². The standard InChI is InChI=1S/C28H26ClNO4/c1-16(2)20-15-19(13-14-23(20)34-4)26(31)24-25(18-9-6-5-7-10-18)30(28(33)27(24)32)22-12-8-11-21(29)17(22)3/h5-16,25,31H,1-4H3/b26-24+. The van der Waals surface area contributed by atoms with E-state index in [1.807, 2.05) is 44.2 Å². The normalized spacial score (nSPS) is 17.5.